The second kappa shape index (κ2) is 6.19. The maximum absolute atomic E-state index is 11.9. The fourth-order valence-corrected chi connectivity index (χ4v) is 1.95. The molecule has 6 nitrogen and oxygen atoms in total. The number of para-hydroxylation sites is 2. The molecule has 1 saturated heterocycles. The summed E-state index contributed by atoms with van der Waals surface area (Å²) in [6.45, 7) is 1.28. The van der Waals surface area contributed by atoms with Gasteiger partial charge in [0.15, 0.2) is 0 Å². The lowest BCUT2D eigenvalue weighted by atomic mass is 10.1. The van der Waals surface area contributed by atoms with Crippen LogP contribution in [0.25, 0.3) is 0 Å². The van der Waals surface area contributed by atoms with E-state index in [2.05, 4.69) is 16.0 Å². The quantitative estimate of drug-likeness (QED) is 0.720. The number of nitrogens with one attached hydrogen (secondary N) is 3. The van der Waals surface area contributed by atoms with Gasteiger partial charge in [0.25, 0.3) is 0 Å². The van der Waals surface area contributed by atoms with Crippen molar-refractivity contribution < 1.29 is 14.3 Å². The first-order valence-corrected chi connectivity index (χ1v) is 6.14. The van der Waals surface area contributed by atoms with Gasteiger partial charge in [-0.25, -0.2) is 0 Å². The summed E-state index contributed by atoms with van der Waals surface area (Å²) in [6, 6.07) is 6.68. The molecule has 0 saturated carbocycles. The molecule has 2 amide bonds. The third-order valence-electron chi connectivity index (χ3n) is 2.90. The molecule has 1 aromatic carbocycles. The molecule has 0 aromatic heterocycles. The number of rotatable bonds is 4. The Labute approximate surface area is 111 Å². The molecule has 102 valence electrons. The normalized spacial score (nSPS) is 18.6. The minimum absolute atomic E-state index is 0.101. The summed E-state index contributed by atoms with van der Waals surface area (Å²) in [5, 5.41) is 8.47. The number of amides is 2. The molecule has 0 radical (unpaired) electrons. The van der Waals surface area contributed by atoms with Crippen LogP contribution >= 0.6 is 0 Å². The molecule has 1 aliphatic heterocycles. The molecule has 19 heavy (non-hydrogen) atoms. The summed E-state index contributed by atoms with van der Waals surface area (Å²) in [5.74, 6) is 0.234. The first-order valence-electron chi connectivity index (χ1n) is 6.14. The molecule has 3 N–H and O–H groups in total. The zero-order chi connectivity index (χ0) is 13.7. The summed E-state index contributed by atoms with van der Waals surface area (Å²) in [4.78, 5) is 23.4. The number of hydrogen-bond acceptors (Lipinski definition) is 4. The Morgan fingerprint density at radius 1 is 1.42 bits per heavy atom. The van der Waals surface area contributed by atoms with Gasteiger partial charge in [0.2, 0.25) is 11.8 Å². The fraction of sp³-hybridized carbons (Fsp3) is 0.385. The van der Waals surface area contributed by atoms with Crippen molar-refractivity contribution in [1.29, 1.82) is 0 Å². The van der Waals surface area contributed by atoms with Gasteiger partial charge < -0.3 is 20.7 Å². The molecule has 0 aliphatic carbocycles. The molecular weight excluding hydrogens is 246 g/mol. The number of carbonyl (C=O) groups is 2. The lowest BCUT2D eigenvalue weighted by Crippen LogP contribution is -2.53. The molecule has 1 aliphatic rings. The van der Waals surface area contributed by atoms with E-state index in [-0.39, 0.29) is 18.2 Å². The summed E-state index contributed by atoms with van der Waals surface area (Å²) in [6.07, 6.45) is 0.101. The SMILES string of the molecule is COc1ccccc1NC(=O)C[C@H]1NCCNC1=O. The first-order chi connectivity index (χ1) is 9.20. The van der Waals surface area contributed by atoms with E-state index in [4.69, 9.17) is 4.74 Å². The predicted molar refractivity (Wildman–Crippen MR) is 71.0 cm³/mol. The Morgan fingerprint density at radius 2 is 2.21 bits per heavy atom. The summed E-state index contributed by atoms with van der Waals surface area (Å²) < 4.78 is 5.15. The van der Waals surface area contributed by atoms with Crippen LogP contribution in [0.1, 0.15) is 6.42 Å². The van der Waals surface area contributed by atoms with E-state index in [1.165, 1.54) is 0 Å². The number of hydrogen-bond donors (Lipinski definition) is 3. The maximum Gasteiger partial charge on any atom is 0.237 e. The van der Waals surface area contributed by atoms with E-state index in [0.717, 1.165) is 0 Å². The van der Waals surface area contributed by atoms with Crippen molar-refractivity contribution in [3.8, 4) is 5.75 Å². The van der Waals surface area contributed by atoms with Crippen LogP contribution in [0.5, 0.6) is 5.75 Å². The van der Waals surface area contributed by atoms with E-state index in [1.807, 2.05) is 12.1 Å². The van der Waals surface area contributed by atoms with Crippen LogP contribution in [0, 0.1) is 0 Å². The van der Waals surface area contributed by atoms with Gasteiger partial charge in [0.05, 0.1) is 25.3 Å². The lowest BCUT2D eigenvalue weighted by molar-refractivity contribution is -0.127. The zero-order valence-electron chi connectivity index (χ0n) is 10.7. The van der Waals surface area contributed by atoms with Gasteiger partial charge in [-0.3, -0.25) is 9.59 Å². The summed E-state index contributed by atoms with van der Waals surface area (Å²) in [7, 11) is 1.54. The van der Waals surface area contributed by atoms with Gasteiger partial charge in [-0.05, 0) is 12.1 Å². The maximum atomic E-state index is 11.9. The van der Waals surface area contributed by atoms with Gasteiger partial charge in [-0.2, -0.15) is 0 Å². The number of ether oxygens (including phenoxy) is 1. The van der Waals surface area contributed by atoms with Crippen molar-refractivity contribution in [2.24, 2.45) is 0 Å². The minimum Gasteiger partial charge on any atom is -0.495 e. The van der Waals surface area contributed by atoms with Crippen LogP contribution in [0.4, 0.5) is 5.69 Å². The predicted octanol–water partition coefficient (Wildman–Crippen LogP) is 0.112. The largest absolute Gasteiger partial charge is 0.495 e. The van der Waals surface area contributed by atoms with Crippen molar-refractivity contribution in [2.75, 3.05) is 25.5 Å². The summed E-state index contributed by atoms with van der Waals surface area (Å²) in [5.41, 5.74) is 0.603. The number of piperazine rings is 1. The smallest absolute Gasteiger partial charge is 0.237 e. The second-order valence-corrected chi connectivity index (χ2v) is 4.25. The van der Waals surface area contributed by atoms with Crippen LogP contribution in [0.2, 0.25) is 0 Å². The van der Waals surface area contributed by atoms with Crippen LogP contribution in [-0.2, 0) is 9.59 Å². The Balaban J connectivity index is 1.95. The van der Waals surface area contributed by atoms with Crippen molar-refractivity contribution in [1.82, 2.24) is 10.6 Å². The van der Waals surface area contributed by atoms with Crippen molar-refractivity contribution in [3.05, 3.63) is 24.3 Å². The molecule has 1 atom stereocenters. The zero-order valence-corrected chi connectivity index (χ0v) is 10.7. The number of carbonyl (C=O) groups excluding carboxylic acids is 2. The lowest BCUT2D eigenvalue weighted by Gasteiger charge is -2.23. The van der Waals surface area contributed by atoms with Crippen LogP contribution < -0.4 is 20.7 Å². The molecule has 1 aromatic rings. The van der Waals surface area contributed by atoms with Gasteiger partial charge >= 0.3 is 0 Å². The standard InChI is InChI=1S/C13H17N3O3/c1-19-11-5-3-2-4-9(11)16-12(17)8-10-13(18)15-7-6-14-10/h2-5,10,14H,6-8H2,1H3,(H,15,18)(H,16,17)/t10-/m1/s1. The van der Waals surface area contributed by atoms with E-state index in [9.17, 15) is 9.59 Å². The van der Waals surface area contributed by atoms with Crippen molar-refractivity contribution in [2.45, 2.75) is 12.5 Å². The fourth-order valence-electron chi connectivity index (χ4n) is 1.95. The van der Waals surface area contributed by atoms with Crippen molar-refractivity contribution in [3.63, 3.8) is 0 Å². The average Bonchev–Trinajstić information content (AvgIpc) is 2.42. The minimum atomic E-state index is -0.469. The second-order valence-electron chi connectivity index (χ2n) is 4.25. The third-order valence-corrected chi connectivity index (χ3v) is 2.90. The highest BCUT2D eigenvalue weighted by Crippen LogP contribution is 2.23. The Hall–Kier alpha value is -2.08. The molecule has 0 unspecified atom stereocenters. The topological polar surface area (TPSA) is 79.5 Å². The number of benzene rings is 1. The van der Waals surface area contributed by atoms with Gasteiger partial charge in [0.1, 0.15) is 5.75 Å². The third kappa shape index (κ3) is 3.45. The number of anilines is 1. The Bertz CT molecular complexity index is 476. The molecule has 1 fully saturated rings. The first kappa shape index (κ1) is 13.4. The highest BCUT2D eigenvalue weighted by Gasteiger charge is 2.24. The van der Waals surface area contributed by atoms with E-state index in [0.29, 0.717) is 24.5 Å². The van der Waals surface area contributed by atoms with Gasteiger partial charge in [-0.1, -0.05) is 12.1 Å². The Kier molecular flexibility index (Phi) is 4.35. The molecule has 0 spiro atoms. The molecule has 1 heterocycles. The molecular formula is C13H17N3O3. The molecule has 0 bridgehead atoms. The summed E-state index contributed by atoms with van der Waals surface area (Å²) >= 11 is 0. The van der Waals surface area contributed by atoms with Crippen LogP contribution in [-0.4, -0.2) is 38.1 Å². The van der Waals surface area contributed by atoms with E-state index < -0.39 is 6.04 Å². The molecule has 6 heteroatoms. The van der Waals surface area contributed by atoms with E-state index >= 15 is 0 Å². The van der Waals surface area contributed by atoms with Crippen molar-refractivity contribution >= 4 is 17.5 Å². The van der Waals surface area contributed by atoms with E-state index in [1.54, 1.807) is 19.2 Å². The van der Waals surface area contributed by atoms with Crippen LogP contribution in [0.15, 0.2) is 24.3 Å². The highest BCUT2D eigenvalue weighted by molar-refractivity contribution is 5.96. The van der Waals surface area contributed by atoms with Crippen LogP contribution in [0.3, 0.4) is 0 Å². The monoisotopic (exact) mass is 263 g/mol. The van der Waals surface area contributed by atoms with Gasteiger partial charge in [-0.15, -0.1) is 0 Å². The number of methoxy groups -OCH3 is 1. The van der Waals surface area contributed by atoms with Gasteiger partial charge in [0, 0.05) is 13.1 Å². The molecule has 2 rings (SSSR count). The highest BCUT2D eigenvalue weighted by atomic mass is 16.5. The Morgan fingerprint density at radius 3 is 2.95 bits per heavy atom. The average molecular weight is 263 g/mol.